The summed E-state index contributed by atoms with van der Waals surface area (Å²) in [5.74, 6) is 3.30. The fourth-order valence-corrected chi connectivity index (χ4v) is 2.43. The van der Waals surface area contributed by atoms with Gasteiger partial charge in [0.05, 0.1) is 7.11 Å². The predicted molar refractivity (Wildman–Crippen MR) is 95.1 cm³/mol. The van der Waals surface area contributed by atoms with Crippen LogP contribution in [0.3, 0.4) is 0 Å². The molecule has 3 heterocycles. The van der Waals surface area contributed by atoms with Gasteiger partial charge in [-0.15, -0.1) is 0 Å². The molecule has 0 bridgehead atoms. The first-order chi connectivity index (χ1) is 13.2. The molecule has 0 aliphatic carbocycles. The Labute approximate surface area is 154 Å². The Balaban J connectivity index is 1.48. The van der Waals surface area contributed by atoms with E-state index in [9.17, 15) is 0 Å². The third kappa shape index (κ3) is 3.64. The Morgan fingerprint density at radius 2 is 1.81 bits per heavy atom. The highest BCUT2D eigenvalue weighted by molar-refractivity contribution is 5.50. The van der Waals surface area contributed by atoms with Gasteiger partial charge >= 0.3 is 0 Å². The molecule has 0 saturated carbocycles. The summed E-state index contributed by atoms with van der Waals surface area (Å²) in [5, 5.41) is 3.91. The Morgan fingerprint density at radius 3 is 2.63 bits per heavy atom. The van der Waals surface area contributed by atoms with E-state index in [1.807, 2.05) is 31.2 Å². The predicted octanol–water partition coefficient (Wildman–Crippen LogP) is 3.68. The molecule has 136 valence electrons. The minimum absolute atomic E-state index is 0.238. The summed E-state index contributed by atoms with van der Waals surface area (Å²) in [6.45, 7) is 2.11. The maximum atomic E-state index is 5.75. The van der Waals surface area contributed by atoms with Crippen molar-refractivity contribution in [1.82, 2.24) is 20.1 Å². The van der Waals surface area contributed by atoms with Crippen molar-refractivity contribution in [3.63, 3.8) is 0 Å². The van der Waals surface area contributed by atoms with Gasteiger partial charge in [-0.25, -0.2) is 9.97 Å². The first-order valence-corrected chi connectivity index (χ1v) is 8.21. The number of para-hydroxylation sites is 2. The Morgan fingerprint density at radius 1 is 0.963 bits per heavy atom. The van der Waals surface area contributed by atoms with Crippen molar-refractivity contribution < 1.29 is 18.4 Å². The van der Waals surface area contributed by atoms with E-state index in [0.29, 0.717) is 34.7 Å². The Hall–Kier alpha value is -3.68. The summed E-state index contributed by atoms with van der Waals surface area (Å²) >= 11 is 0. The first kappa shape index (κ1) is 16.8. The zero-order valence-electron chi connectivity index (χ0n) is 14.7. The number of ether oxygens (including phenoxy) is 2. The van der Waals surface area contributed by atoms with Gasteiger partial charge in [0.2, 0.25) is 11.6 Å². The van der Waals surface area contributed by atoms with Crippen LogP contribution in [0.25, 0.3) is 23.3 Å². The third-order valence-electron chi connectivity index (χ3n) is 3.73. The van der Waals surface area contributed by atoms with Crippen molar-refractivity contribution in [2.75, 3.05) is 7.11 Å². The third-order valence-corrected chi connectivity index (χ3v) is 3.73. The van der Waals surface area contributed by atoms with Gasteiger partial charge in [-0.2, -0.15) is 4.98 Å². The number of hydrogen-bond donors (Lipinski definition) is 0. The van der Waals surface area contributed by atoms with Crippen molar-refractivity contribution in [1.29, 1.82) is 0 Å². The van der Waals surface area contributed by atoms with Crippen LogP contribution < -0.4 is 9.47 Å². The lowest BCUT2D eigenvalue weighted by atomic mass is 10.3. The number of nitrogens with zero attached hydrogens (tertiary/aromatic N) is 4. The highest BCUT2D eigenvalue weighted by Gasteiger charge is 2.16. The van der Waals surface area contributed by atoms with Gasteiger partial charge in [-0.05, 0) is 37.3 Å². The summed E-state index contributed by atoms with van der Waals surface area (Å²) < 4.78 is 22.0. The molecule has 0 amide bonds. The summed E-state index contributed by atoms with van der Waals surface area (Å²) in [4.78, 5) is 12.7. The van der Waals surface area contributed by atoms with Gasteiger partial charge in [-0.1, -0.05) is 17.3 Å². The molecule has 0 aliphatic heterocycles. The van der Waals surface area contributed by atoms with Crippen molar-refractivity contribution in [3.8, 4) is 34.8 Å². The number of aryl methyl sites for hydroxylation is 1. The second kappa shape index (κ2) is 7.28. The van der Waals surface area contributed by atoms with E-state index >= 15 is 0 Å². The molecule has 0 N–H and O–H groups in total. The quantitative estimate of drug-likeness (QED) is 0.511. The smallest absolute Gasteiger partial charge is 0.294 e. The standard InChI is InChI=1S/C19H16N4O4/c1-12-9-10-20-17(21-12)18-22-19(27-23-18)16-8-7-13(26-16)11-25-15-6-4-3-5-14(15)24-2/h3-10H,11H2,1-2H3. The average Bonchev–Trinajstić information content (AvgIpc) is 3.36. The molecule has 4 aromatic rings. The maximum absolute atomic E-state index is 5.75. The SMILES string of the molecule is COc1ccccc1OCc1ccc(-c2nc(-c3nccc(C)n3)no2)o1. The van der Waals surface area contributed by atoms with Crippen molar-refractivity contribution >= 4 is 0 Å². The molecule has 3 aromatic heterocycles. The molecule has 0 atom stereocenters. The fraction of sp³-hybridized carbons (Fsp3) is 0.158. The van der Waals surface area contributed by atoms with Crippen molar-refractivity contribution in [3.05, 3.63) is 60.1 Å². The lowest BCUT2D eigenvalue weighted by molar-refractivity contribution is 0.256. The van der Waals surface area contributed by atoms with Crippen LogP contribution in [0, 0.1) is 6.92 Å². The van der Waals surface area contributed by atoms with Crippen LogP contribution in [0.1, 0.15) is 11.5 Å². The summed E-state index contributed by atoms with van der Waals surface area (Å²) in [6, 6.07) is 12.7. The molecule has 1 aromatic carbocycles. The van der Waals surface area contributed by atoms with Crippen LogP contribution in [0.15, 0.2) is 57.6 Å². The molecule has 0 spiro atoms. The first-order valence-electron chi connectivity index (χ1n) is 8.21. The maximum Gasteiger partial charge on any atom is 0.294 e. The minimum atomic E-state index is 0.238. The summed E-state index contributed by atoms with van der Waals surface area (Å²) in [7, 11) is 1.60. The molecular formula is C19H16N4O4. The molecule has 0 fully saturated rings. The second-order valence-electron chi connectivity index (χ2n) is 5.65. The number of aromatic nitrogens is 4. The molecule has 4 rings (SSSR count). The normalized spacial score (nSPS) is 10.7. The number of rotatable bonds is 6. The van der Waals surface area contributed by atoms with E-state index < -0.39 is 0 Å². The number of benzene rings is 1. The number of hydrogen-bond acceptors (Lipinski definition) is 8. The van der Waals surface area contributed by atoms with Crippen LogP contribution >= 0.6 is 0 Å². The zero-order chi connectivity index (χ0) is 18.6. The zero-order valence-corrected chi connectivity index (χ0v) is 14.7. The lowest BCUT2D eigenvalue weighted by Gasteiger charge is -2.08. The fourth-order valence-electron chi connectivity index (χ4n) is 2.43. The van der Waals surface area contributed by atoms with E-state index in [1.165, 1.54) is 0 Å². The van der Waals surface area contributed by atoms with Crippen LogP contribution in [0.5, 0.6) is 11.5 Å². The van der Waals surface area contributed by atoms with Gasteiger partial charge < -0.3 is 18.4 Å². The molecule has 0 saturated heterocycles. The minimum Gasteiger partial charge on any atom is -0.493 e. The van der Waals surface area contributed by atoms with Gasteiger partial charge in [0.1, 0.15) is 12.4 Å². The molecule has 0 radical (unpaired) electrons. The summed E-state index contributed by atoms with van der Waals surface area (Å²) in [6.07, 6.45) is 1.65. The molecule has 8 heteroatoms. The molecule has 0 unspecified atom stereocenters. The van der Waals surface area contributed by atoms with Crippen molar-refractivity contribution in [2.45, 2.75) is 13.5 Å². The monoisotopic (exact) mass is 364 g/mol. The highest BCUT2D eigenvalue weighted by atomic mass is 16.5. The average molecular weight is 364 g/mol. The Bertz CT molecular complexity index is 1060. The molecular weight excluding hydrogens is 348 g/mol. The highest BCUT2D eigenvalue weighted by Crippen LogP contribution is 2.28. The van der Waals surface area contributed by atoms with Crippen LogP contribution in [-0.2, 0) is 6.61 Å². The largest absolute Gasteiger partial charge is 0.493 e. The van der Waals surface area contributed by atoms with Crippen LogP contribution in [-0.4, -0.2) is 27.2 Å². The molecule has 0 aliphatic rings. The van der Waals surface area contributed by atoms with Crippen molar-refractivity contribution in [2.24, 2.45) is 0 Å². The topological polar surface area (TPSA) is 96.3 Å². The molecule has 8 nitrogen and oxygen atoms in total. The van der Waals surface area contributed by atoms with Crippen LogP contribution in [0.2, 0.25) is 0 Å². The van der Waals surface area contributed by atoms with E-state index in [0.717, 1.165) is 5.69 Å². The van der Waals surface area contributed by atoms with E-state index in [2.05, 4.69) is 20.1 Å². The Kier molecular flexibility index (Phi) is 4.52. The molecule has 27 heavy (non-hydrogen) atoms. The number of methoxy groups -OCH3 is 1. The summed E-state index contributed by atoms with van der Waals surface area (Å²) in [5.41, 5.74) is 0.820. The van der Waals surface area contributed by atoms with Gasteiger partial charge in [-0.3, -0.25) is 0 Å². The van der Waals surface area contributed by atoms with Gasteiger partial charge in [0.25, 0.3) is 5.89 Å². The second-order valence-corrected chi connectivity index (χ2v) is 5.65. The number of furan rings is 1. The van der Waals surface area contributed by atoms with Crippen LogP contribution in [0.4, 0.5) is 0 Å². The van der Waals surface area contributed by atoms with Gasteiger partial charge in [0, 0.05) is 11.9 Å². The van der Waals surface area contributed by atoms with E-state index in [-0.39, 0.29) is 12.5 Å². The lowest BCUT2D eigenvalue weighted by Crippen LogP contribution is -1.96. The van der Waals surface area contributed by atoms with E-state index in [4.69, 9.17) is 18.4 Å². The van der Waals surface area contributed by atoms with Gasteiger partial charge in [0.15, 0.2) is 17.3 Å². The van der Waals surface area contributed by atoms with E-state index in [1.54, 1.807) is 31.5 Å².